The lowest BCUT2D eigenvalue weighted by Crippen LogP contribution is -2.38. The largest absolute Gasteiger partial charge is 0.864 e. The summed E-state index contributed by atoms with van der Waals surface area (Å²) < 4.78 is 140. The van der Waals surface area contributed by atoms with Crippen LogP contribution in [-0.2, 0) is 0 Å². The van der Waals surface area contributed by atoms with Crippen molar-refractivity contribution in [2.75, 3.05) is 0 Å². The first kappa shape index (κ1) is 27.1. The first-order valence-corrected chi connectivity index (χ1v) is 9.33. The molecule has 0 aliphatic carbocycles. The van der Waals surface area contributed by atoms with Crippen molar-refractivity contribution in [1.29, 1.82) is 0 Å². The van der Waals surface area contributed by atoms with E-state index in [1.165, 1.54) is 0 Å². The van der Waals surface area contributed by atoms with Gasteiger partial charge in [-0.2, -0.15) is 13.2 Å². The minimum absolute atomic E-state index is 0.0297. The van der Waals surface area contributed by atoms with E-state index in [4.69, 9.17) is 0 Å². The van der Waals surface area contributed by atoms with E-state index < -0.39 is 112 Å². The van der Waals surface area contributed by atoms with Crippen LogP contribution in [0.15, 0.2) is 18.2 Å². The number of hydrogen-bond donors (Lipinski definition) is 0. The van der Waals surface area contributed by atoms with Gasteiger partial charge in [0.25, 0.3) is 0 Å². The van der Waals surface area contributed by atoms with E-state index in [-0.39, 0.29) is 18.2 Å². The van der Waals surface area contributed by atoms with Gasteiger partial charge in [-0.05, 0) is 0 Å². The highest BCUT2D eigenvalue weighted by Crippen LogP contribution is 2.31. The molecule has 0 radical (unpaired) electrons. The van der Waals surface area contributed by atoms with Crippen LogP contribution in [0.3, 0.4) is 0 Å². The monoisotopic (exact) mass is 536 g/mol. The van der Waals surface area contributed by atoms with Crippen LogP contribution < -0.4 is 14.0 Å². The predicted octanol–water partition coefficient (Wildman–Crippen LogP) is 4.90. The quantitative estimate of drug-likeness (QED) is 0.168. The first-order chi connectivity index (χ1) is 17.4. The van der Waals surface area contributed by atoms with E-state index in [0.29, 0.717) is 0 Å². The normalized spacial score (nSPS) is 10.6. The van der Waals surface area contributed by atoms with Crippen LogP contribution in [0.4, 0.5) is 39.5 Å². The second kappa shape index (κ2) is 10.6. The van der Waals surface area contributed by atoms with Gasteiger partial charge in [0, 0.05) is 18.2 Å². The summed E-state index contributed by atoms with van der Waals surface area (Å²) in [6.45, 7) is 0. The smallest absolute Gasteiger partial charge is 0.487 e. The molecule has 0 saturated carbocycles. The number of halogens is 9. The zero-order valence-corrected chi connectivity index (χ0v) is 17.4. The van der Waals surface area contributed by atoms with E-state index in [0.717, 1.165) is 0 Å². The van der Waals surface area contributed by atoms with Crippen LogP contribution >= 0.6 is 0 Å². The van der Waals surface area contributed by atoms with Crippen molar-refractivity contribution >= 4 is 26.2 Å². The summed E-state index contributed by atoms with van der Waals surface area (Å²) in [5.41, 5.74) is -4.20. The van der Waals surface area contributed by atoms with Gasteiger partial charge in [0.2, 0.25) is 0 Å². The second-order valence-electron chi connectivity index (χ2n) is 6.69. The van der Waals surface area contributed by atoms with Gasteiger partial charge in [-0.3, -0.25) is 14.4 Å². The lowest BCUT2D eigenvalue weighted by molar-refractivity contribution is 0.110. The number of rotatable bonds is 9. The molecule has 3 rings (SSSR count). The van der Waals surface area contributed by atoms with Gasteiger partial charge in [-0.1, -0.05) is 0 Å². The van der Waals surface area contributed by atoms with Crippen molar-refractivity contribution in [1.82, 2.24) is 0 Å². The highest BCUT2D eigenvalue weighted by Gasteiger charge is 2.37. The van der Waals surface area contributed by atoms with Crippen molar-refractivity contribution in [3.8, 4) is 17.2 Å². The zero-order chi connectivity index (χ0) is 27.6. The molecule has 0 N–H and O–H groups in total. The van der Waals surface area contributed by atoms with Gasteiger partial charge in [0.15, 0.2) is 53.8 Å². The Bertz CT molecular complexity index is 1260. The molecular weight excluding hydrogens is 530 g/mol. The Morgan fingerprint density at radius 2 is 0.703 bits per heavy atom. The van der Waals surface area contributed by atoms with Crippen LogP contribution in [0.2, 0.25) is 0 Å². The summed E-state index contributed by atoms with van der Waals surface area (Å²) in [7, 11) is -2.92. The number of aldehydes is 3. The third-order valence-electron chi connectivity index (χ3n) is 4.51. The van der Waals surface area contributed by atoms with Gasteiger partial charge >= 0.3 is 7.32 Å². The van der Waals surface area contributed by atoms with E-state index in [1.807, 2.05) is 0 Å². The van der Waals surface area contributed by atoms with Crippen molar-refractivity contribution in [2.45, 2.75) is 0 Å². The average molecular weight is 536 g/mol. The molecule has 0 atom stereocenters. The van der Waals surface area contributed by atoms with E-state index in [1.54, 1.807) is 0 Å². The minimum Gasteiger partial charge on any atom is -0.487 e. The Balaban J connectivity index is 2.12. The van der Waals surface area contributed by atoms with E-state index in [2.05, 4.69) is 14.0 Å². The number of carbonyl (C=O) groups is 3. The standard InChI is InChI=1S/C21H6BF9O6/c23-10-1-13(19(29)16(26)7(10)4-32)35-22(36-14-2-11(24)8(5-33)17(27)20(14)30)37-15-3-12(25)9(6-34)18(28)21(15)31/h1-6H. The van der Waals surface area contributed by atoms with Crippen molar-refractivity contribution < 1.29 is 67.9 Å². The van der Waals surface area contributed by atoms with E-state index >= 15 is 0 Å². The Kier molecular flexibility index (Phi) is 7.79. The van der Waals surface area contributed by atoms with Gasteiger partial charge in [-0.15, -0.1) is 0 Å². The molecule has 16 heteroatoms. The summed E-state index contributed by atoms with van der Waals surface area (Å²) in [5.74, 6) is -22.3. The van der Waals surface area contributed by atoms with Crippen LogP contribution in [-0.4, -0.2) is 26.2 Å². The Hall–Kier alpha value is -4.50. The fourth-order valence-electron chi connectivity index (χ4n) is 2.73. The van der Waals surface area contributed by atoms with Crippen molar-refractivity contribution in [3.63, 3.8) is 0 Å². The molecule has 0 saturated heterocycles. The molecule has 0 aliphatic heterocycles. The average Bonchev–Trinajstić information content (AvgIpc) is 2.84. The summed E-state index contributed by atoms with van der Waals surface area (Å²) in [5, 5.41) is 0. The summed E-state index contributed by atoms with van der Waals surface area (Å²) >= 11 is 0. The molecule has 192 valence electrons. The molecule has 6 nitrogen and oxygen atoms in total. The Labute approximate surface area is 199 Å². The zero-order valence-electron chi connectivity index (χ0n) is 17.4. The van der Waals surface area contributed by atoms with Crippen LogP contribution in [0.5, 0.6) is 17.2 Å². The third kappa shape index (κ3) is 5.08. The van der Waals surface area contributed by atoms with Gasteiger partial charge in [0.05, 0.1) is 16.7 Å². The predicted molar refractivity (Wildman–Crippen MR) is 103 cm³/mol. The molecule has 0 aliphatic rings. The van der Waals surface area contributed by atoms with E-state index in [9.17, 15) is 53.9 Å². The third-order valence-corrected chi connectivity index (χ3v) is 4.51. The highest BCUT2D eigenvalue weighted by molar-refractivity contribution is 6.39. The van der Waals surface area contributed by atoms with Crippen LogP contribution in [0.25, 0.3) is 0 Å². The topological polar surface area (TPSA) is 78.9 Å². The molecule has 0 fully saturated rings. The van der Waals surface area contributed by atoms with Crippen LogP contribution in [0, 0.1) is 52.4 Å². The van der Waals surface area contributed by atoms with Gasteiger partial charge in [0.1, 0.15) is 34.7 Å². The number of benzene rings is 3. The number of carbonyl (C=O) groups excluding carboxylic acids is 3. The lowest BCUT2D eigenvalue weighted by Gasteiger charge is -2.19. The molecular formula is C21H6BF9O6. The van der Waals surface area contributed by atoms with Crippen LogP contribution in [0.1, 0.15) is 31.1 Å². The van der Waals surface area contributed by atoms with Gasteiger partial charge in [-0.25, -0.2) is 26.3 Å². The maximum Gasteiger partial charge on any atom is 0.864 e. The summed E-state index contributed by atoms with van der Waals surface area (Å²) in [4.78, 5) is 32.1. The molecule has 37 heavy (non-hydrogen) atoms. The van der Waals surface area contributed by atoms with Crippen molar-refractivity contribution in [2.24, 2.45) is 0 Å². The molecule has 3 aromatic rings. The molecule has 0 heterocycles. The molecule has 0 amide bonds. The highest BCUT2D eigenvalue weighted by atomic mass is 19.2. The Morgan fingerprint density at radius 1 is 0.459 bits per heavy atom. The molecule has 0 unspecified atom stereocenters. The molecule has 0 spiro atoms. The summed E-state index contributed by atoms with van der Waals surface area (Å²) in [6.07, 6.45) is -1.23. The second-order valence-corrected chi connectivity index (χ2v) is 6.69. The minimum atomic E-state index is -2.92. The van der Waals surface area contributed by atoms with Gasteiger partial charge < -0.3 is 14.0 Å². The first-order valence-electron chi connectivity index (χ1n) is 9.33. The fraction of sp³-hybridized carbons (Fsp3) is 0. The maximum absolute atomic E-state index is 14.3. The maximum atomic E-state index is 14.3. The van der Waals surface area contributed by atoms with Crippen molar-refractivity contribution in [3.05, 3.63) is 87.2 Å². The molecule has 3 aromatic carbocycles. The molecule has 0 aromatic heterocycles. The Morgan fingerprint density at radius 3 is 0.919 bits per heavy atom. The lowest BCUT2D eigenvalue weighted by atomic mass is 10.1. The summed E-state index contributed by atoms with van der Waals surface area (Å²) in [6, 6.07) is 0.0890. The fourth-order valence-corrected chi connectivity index (χ4v) is 2.73. The SMILES string of the molecule is O=Cc1c(F)cc(OB(Oc2cc(F)c(C=O)c(F)c2F)Oc2cc(F)c(C=O)c(F)c2F)c(F)c1F. The number of hydrogen-bond acceptors (Lipinski definition) is 6. The molecule has 0 bridgehead atoms.